The van der Waals surface area contributed by atoms with Crippen LogP contribution in [0, 0.1) is 11.3 Å². The number of thioether (sulfide) groups is 1. The number of halogens is 1. The summed E-state index contributed by atoms with van der Waals surface area (Å²) < 4.78 is 0. The van der Waals surface area contributed by atoms with Gasteiger partial charge in [0.15, 0.2) is 0 Å². The first-order valence-electron chi connectivity index (χ1n) is 5.86. The van der Waals surface area contributed by atoms with E-state index in [2.05, 4.69) is 6.07 Å². The number of hydrogen-bond donors (Lipinski definition) is 1. The highest BCUT2D eigenvalue weighted by Crippen LogP contribution is 2.37. The number of benzene rings is 2. The third-order valence-corrected chi connectivity index (χ3v) is 4.29. The van der Waals surface area contributed by atoms with Crippen LogP contribution in [0.4, 0.5) is 0 Å². The zero-order valence-corrected chi connectivity index (χ0v) is 11.8. The number of nitrogens with two attached hydrogens (primary N) is 1. The Kier molecular flexibility index (Phi) is 4.86. The topological polar surface area (TPSA) is 49.8 Å². The number of hydrogen-bond acceptors (Lipinski definition) is 3. The van der Waals surface area contributed by atoms with Crippen molar-refractivity contribution in [3.8, 4) is 6.07 Å². The van der Waals surface area contributed by atoms with E-state index in [1.165, 1.54) is 0 Å². The summed E-state index contributed by atoms with van der Waals surface area (Å²) in [7, 11) is 0. The molecule has 0 spiro atoms. The molecule has 0 amide bonds. The minimum absolute atomic E-state index is 0.117. The van der Waals surface area contributed by atoms with Crippen LogP contribution in [-0.4, -0.2) is 6.54 Å². The van der Waals surface area contributed by atoms with Crippen molar-refractivity contribution in [2.75, 3.05) is 6.54 Å². The molecule has 0 aromatic heterocycles. The maximum atomic E-state index is 9.13. The minimum Gasteiger partial charge on any atom is -0.329 e. The Morgan fingerprint density at radius 3 is 2.58 bits per heavy atom. The second-order valence-corrected chi connectivity index (χ2v) is 5.69. The fraction of sp³-hybridized carbons (Fsp3) is 0.133. The van der Waals surface area contributed by atoms with Gasteiger partial charge in [0.2, 0.25) is 0 Å². The van der Waals surface area contributed by atoms with Crippen molar-refractivity contribution in [3.63, 3.8) is 0 Å². The summed E-state index contributed by atoms with van der Waals surface area (Å²) in [5.41, 5.74) is 7.63. The first-order valence-corrected chi connectivity index (χ1v) is 7.11. The van der Waals surface area contributed by atoms with Gasteiger partial charge >= 0.3 is 0 Å². The van der Waals surface area contributed by atoms with E-state index in [-0.39, 0.29) is 5.25 Å². The molecular weight excluding hydrogens is 276 g/mol. The maximum absolute atomic E-state index is 9.13. The summed E-state index contributed by atoms with van der Waals surface area (Å²) in [6, 6.07) is 17.5. The molecule has 0 saturated carbocycles. The summed E-state index contributed by atoms with van der Waals surface area (Å²) in [6.45, 7) is 0.506. The van der Waals surface area contributed by atoms with Gasteiger partial charge in [0.05, 0.1) is 5.56 Å². The van der Waals surface area contributed by atoms with E-state index >= 15 is 0 Å². The second-order valence-electron chi connectivity index (χ2n) is 4.01. The normalized spacial score (nSPS) is 11.8. The van der Waals surface area contributed by atoms with Crippen LogP contribution in [0.15, 0.2) is 53.4 Å². The summed E-state index contributed by atoms with van der Waals surface area (Å²) >= 11 is 7.57. The van der Waals surface area contributed by atoms with Crippen molar-refractivity contribution < 1.29 is 0 Å². The summed E-state index contributed by atoms with van der Waals surface area (Å²) in [6.07, 6.45) is 0. The zero-order valence-electron chi connectivity index (χ0n) is 10.2. The highest BCUT2D eigenvalue weighted by molar-refractivity contribution is 7.99. The number of rotatable bonds is 4. The van der Waals surface area contributed by atoms with Crippen molar-refractivity contribution in [1.82, 2.24) is 0 Å². The molecule has 4 heteroatoms. The van der Waals surface area contributed by atoms with E-state index in [9.17, 15) is 0 Å². The third-order valence-electron chi connectivity index (χ3n) is 2.72. The maximum Gasteiger partial charge on any atom is 0.100 e. The molecule has 2 rings (SSSR count). The average Bonchev–Trinajstić information content (AvgIpc) is 2.46. The Bertz CT molecular complexity index is 593. The molecule has 0 heterocycles. The quantitative estimate of drug-likeness (QED) is 0.865. The van der Waals surface area contributed by atoms with Crippen LogP contribution in [0.1, 0.15) is 16.4 Å². The zero-order chi connectivity index (χ0) is 13.7. The first kappa shape index (κ1) is 14.0. The Labute approximate surface area is 122 Å². The van der Waals surface area contributed by atoms with Gasteiger partial charge in [0, 0.05) is 21.7 Å². The van der Waals surface area contributed by atoms with Crippen molar-refractivity contribution in [2.45, 2.75) is 10.1 Å². The van der Waals surface area contributed by atoms with Crippen LogP contribution in [0.2, 0.25) is 5.02 Å². The van der Waals surface area contributed by atoms with E-state index in [4.69, 9.17) is 22.6 Å². The molecular formula is C15H13ClN2S. The lowest BCUT2D eigenvalue weighted by molar-refractivity contribution is 0.940. The van der Waals surface area contributed by atoms with Crippen LogP contribution in [0.3, 0.4) is 0 Å². The fourth-order valence-corrected chi connectivity index (χ4v) is 3.13. The molecule has 19 heavy (non-hydrogen) atoms. The molecule has 0 aliphatic carbocycles. The van der Waals surface area contributed by atoms with Crippen molar-refractivity contribution in [2.24, 2.45) is 5.73 Å². The lowest BCUT2D eigenvalue weighted by atomic mass is 10.1. The summed E-state index contributed by atoms with van der Waals surface area (Å²) in [5, 5.41) is 9.88. The average molecular weight is 289 g/mol. The second kappa shape index (κ2) is 6.63. The van der Waals surface area contributed by atoms with Gasteiger partial charge in [-0.05, 0) is 23.8 Å². The largest absolute Gasteiger partial charge is 0.329 e. The predicted octanol–water partition coefficient (Wildman–Crippen LogP) is 4.00. The van der Waals surface area contributed by atoms with Gasteiger partial charge in [-0.3, -0.25) is 0 Å². The van der Waals surface area contributed by atoms with E-state index in [0.717, 1.165) is 10.5 Å². The molecule has 96 valence electrons. The Morgan fingerprint density at radius 2 is 1.95 bits per heavy atom. The first-order chi connectivity index (χ1) is 9.24. The standard InChI is InChI=1S/C15H13ClN2S/c16-13-7-6-12(9-17)14(8-13)19-15(10-18)11-4-2-1-3-5-11/h1-8,15H,10,18H2/t15-/m1/s1. The molecule has 0 aliphatic heterocycles. The van der Waals surface area contributed by atoms with Crippen molar-refractivity contribution >= 4 is 23.4 Å². The number of nitrogens with zero attached hydrogens (tertiary/aromatic N) is 1. The van der Waals surface area contributed by atoms with Crippen LogP contribution >= 0.6 is 23.4 Å². The molecule has 0 unspecified atom stereocenters. The Morgan fingerprint density at radius 1 is 1.21 bits per heavy atom. The Hall–Kier alpha value is -1.47. The molecule has 2 aromatic rings. The van der Waals surface area contributed by atoms with Gasteiger partial charge in [-0.25, -0.2) is 0 Å². The van der Waals surface area contributed by atoms with E-state index in [1.54, 1.807) is 23.9 Å². The smallest absolute Gasteiger partial charge is 0.100 e. The van der Waals surface area contributed by atoms with Crippen LogP contribution in [0.25, 0.3) is 0 Å². The fourth-order valence-electron chi connectivity index (χ4n) is 1.76. The van der Waals surface area contributed by atoms with Crippen molar-refractivity contribution in [3.05, 3.63) is 64.7 Å². The molecule has 2 nitrogen and oxygen atoms in total. The number of nitriles is 1. The highest BCUT2D eigenvalue weighted by Gasteiger charge is 2.14. The third kappa shape index (κ3) is 3.51. The van der Waals surface area contributed by atoms with Crippen LogP contribution < -0.4 is 5.73 Å². The molecule has 0 fully saturated rings. The lowest BCUT2D eigenvalue weighted by Crippen LogP contribution is -2.09. The molecule has 0 saturated heterocycles. The van der Waals surface area contributed by atoms with Gasteiger partial charge in [0.25, 0.3) is 0 Å². The van der Waals surface area contributed by atoms with E-state index in [1.807, 2.05) is 36.4 Å². The molecule has 0 bridgehead atoms. The van der Waals surface area contributed by atoms with E-state index < -0.39 is 0 Å². The van der Waals surface area contributed by atoms with Crippen LogP contribution in [-0.2, 0) is 0 Å². The van der Waals surface area contributed by atoms with Crippen molar-refractivity contribution in [1.29, 1.82) is 5.26 Å². The highest BCUT2D eigenvalue weighted by atomic mass is 35.5. The van der Waals surface area contributed by atoms with Gasteiger partial charge in [-0.1, -0.05) is 41.9 Å². The monoisotopic (exact) mass is 288 g/mol. The summed E-state index contributed by atoms with van der Waals surface area (Å²) in [5.74, 6) is 0. The Balaban J connectivity index is 2.29. The SMILES string of the molecule is N#Cc1ccc(Cl)cc1S[C@H](CN)c1ccccc1. The minimum atomic E-state index is 0.117. The van der Waals surface area contributed by atoms with Gasteiger partial charge in [-0.2, -0.15) is 5.26 Å². The predicted molar refractivity (Wildman–Crippen MR) is 80.3 cm³/mol. The van der Waals surface area contributed by atoms with Gasteiger partial charge in [-0.15, -0.1) is 11.8 Å². The lowest BCUT2D eigenvalue weighted by Gasteiger charge is -2.15. The molecule has 1 atom stereocenters. The van der Waals surface area contributed by atoms with Crippen LogP contribution in [0.5, 0.6) is 0 Å². The van der Waals surface area contributed by atoms with Gasteiger partial charge < -0.3 is 5.73 Å². The molecule has 0 radical (unpaired) electrons. The molecule has 2 N–H and O–H groups in total. The molecule has 2 aromatic carbocycles. The van der Waals surface area contributed by atoms with E-state index in [0.29, 0.717) is 17.1 Å². The summed E-state index contributed by atoms with van der Waals surface area (Å²) in [4.78, 5) is 0.870. The van der Waals surface area contributed by atoms with Gasteiger partial charge in [0.1, 0.15) is 6.07 Å². The molecule has 0 aliphatic rings.